The number of alkyl halides is 3. The molecule has 6 nitrogen and oxygen atoms in total. The summed E-state index contributed by atoms with van der Waals surface area (Å²) in [5.74, 6) is -1.89. The zero-order valence-corrected chi connectivity index (χ0v) is 17.5. The van der Waals surface area contributed by atoms with E-state index < -0.39 is 50.8 Å². The van der Waals surface area contributed by atoms with Gasteiger partial charge in [0.25, 0.3) is 11.8 Å². The number of nitrogens with one attached hydrogen (secondary N) is 2. The second-order valence-corrected chi connectivity index (χ2v) is 9.72. The fourth-order valence-corrected chi connectivity index (χ4v) is 5.34. The summed E-state index contributed by atoms with van der Waals surface area (Å²) < 4.78 is 53.3. The van der Waals surface area contributed by atoms with E-state index in [9.17, 15) is 27.2 Å². The number of benzene rings is 2. The van der Waals surface area contributed by atoms with Crippen molar-refractivity contribution in [2.75, 3.05) is 12.1 Å². The average Bonchev–Trinajstić information content (AvgIpc) is 2.95. The minimum atomic E-state index is -4.77. The molecule has 1 unspecified atom stereocenters. The van der Waals surface area contributed by atoms with Crippen LogP contribution in [0.1, 0.15) is 35.3 Å². The standard InChI is InChI=1S/C20H18F4N4O2S/c1-19(2)18(30)28(12-5-4-11(10-25)15(8-12)20(22,23)24)27-31(19)13-6-7-14(16(21)9-13)17(29)26-3/h4-9,27,31H,1-3H3,(H,26,29). The Labute approximate surface area is 178 Å². The van der Waals surface area contributed by atoms with Crippen LogP contribution in [0.2, 0.25) is 0 Å². The molecule has 3 rings (SSSR count). The molecule has 2 N–H and O–H groups in total. The predicted molar refractivity (Wildman–Crippen MR) is 108 cm³/mol. The minimum absolute atomic E-state index is 0.0862. The van der Waals surface area contributed by atoms with E-state index in [0.29, 0.717) is 4.90 Å². The number of amides is 2. The Morgan fingerprint density at radius 1 is 1.23 bits per heavy atom. The lowest BCUT2D eigenvalue weighted by atomic mass is 10.1. The summed E-state index contributed by atoms with van der Waals surface area (Å²) in [5, 5.41) is 12.3. The van der Waals surface area contributed by atoms with Crippen LogP contribution in [0.25, 0.3) is 0 Å². The maximum absolute atomic E-state index is 14.4. The molecule has 1 saturated heterocycles. The van der Waals surface area contributed by atoms with E-state index in [1.54, 1.807) is 13.8 Å². The molecule has 2 amide bonds. The number of hydrazine groups is 1. The van der Waals surface area contributed by atoms with E-state index in [-0.39, 0.29) is 11.3 Å². The van der Waals surface area contributed by atoms with Gasteiger partial charge in [0, 0.05) is 11.9 Å². The summed E-state index contributed by atoms with van der Waals surface area (Å²) in [5.41, 5.74) is -1.96. The summed E-state index contributed by atoms with van der Waals surface area (Å²) in [6, 6.07) is 8.40. The van der Waals surface area contributed by atoms with Crippen LogP contribution in [0.5, 0.6) is 0 Å². The second-order valence-electron chi connectivity index (χ2n) is 7.22. The molecule has 1 heterocycles. The SMILES string of the molecule is CNC(=O)c1ccc([SH]2NN(c3ccc(C#N)c(C(F)(F)F)c3)C(=O)C2(C)C)cc1F. The molecule has 11 heteroatoms. The summed E-state index contributed by atoms with van der Waals surface area (Å²) in [6.07, 6.45) is -4.77. The van der Waals surface area contributed by atoms with Gasteiger partial charge in [-0.3, -0.25) is 9.59 Å². The Morgan fingerprint density at radius 2 is 1.90 bits per heavy atom. The van der Waals surface area contributed by atoms with Crippen molar-refractivity contribution in [1.29, 1.82) is 5.26 Å². The van der Waals surface area contributed by atoms with Crippen LogP contribution in [0, 0.1) is 17.1 Å². The van der Waals surface area contributed by atoms with Crippen molar-refractivity contribution in [1.82, 2.24) is 10.1 Å². The summed E-state index contributed by atoms with van der Waals surface area (Å²) >= 11 is -1.58. The van der Waals surface area contributed by atoms with Gasteiger partial charge in [-0.25, -0.2) is 9.40 Å². The molecule has 1 atom stereocenters. The maximum atomic E-state index is 14.4. The normalized spacial score (nSPS) is 19.2. The molecule has 0 saturated carbocycles. The fourth-order valence-electron chi connectivity index (χ4n) is 3.16. The van der Waals surface area contributed by atoms with E-state index in [2.05, 4.69) is 10.1 Å². The lowest BCUT2D eigenvalue weighted by Gasteiger charge is -2.27. The lowest BCUT2D eigenvalue weighted by Crippen LogP contribution is -2.38. The van der Waals surface area contributed by atoms with Gasteiger partial charge in [0.2, 0.25) is 0 Å². The zero-order valence-electron chi connectivity index (χ0n) is 16.6. The quantitative estimate of drug-likeness (QED) is 0.488. The van der Waals surface area contributed by atoms with Crippen LogP contribution < -0.4 is 15.2 Å². The number of thiol groups is 1. The highest BCUT2D eigenvalue weighted by Crippen LogP contribution is 2.51. The van der Waals surface area contributed by atoms with Crippen LogP contribution in [0.3, 0.4) is 0 Å². The maximum Gasteiger partial charge on any atom is 0.417 e. The van der Waals surface area contributed by atoms with Gasteiger partial charge >= 0.3 is 6.18 Å². The van der Waals surface area contributed by atoms with Crippen molar-refractivity contribution >= 4 is 28.6 Å². The molecule has 0 aromatic heterocycles. The molecule has 1 aliphatic heterocycles. The first kappa shape index (κ1) is 22.6. The summed E-state index contributed by atoms with van der Waals surface area (Å²) in [7, 11) is 1.37. The van der Waals surface area contributed by atoms with E-state index in [0.717, 1.165) is 23.2 Å². The average molecular weight is 454 g/mol. The van der Waals surface area contributed by atoms with Crippen molar-refractivity contribution in [2.45, 2.75) is 29.7 Å². The van der Waals surface area contributed by atoms with Crippen LogP contribution >= 0.6 is 11.1 Å². The Kier molecular flexibility index (Phi) is 5.73. The van der Waals surface area contributed by atoms with Crippen molar-refractivity contribution in [3.63, 3.8) is 0 Å². The minimum Gasteiger partial charge on any atom is -0.355 e. The van der Waals surface area contributed by atoms with Gasteiger partial charge in [-0.2, -0.15) is 23.3 Å². The third-order valence-electron chi connectivity index (χ3n) is 4.86. The van der Waals surface area contributed by atoms with Gasteiger partial charge in [-0.1, -0.05) is 0 Å². The van der Waals surface area contributed by atoms with Crippen molar-refractivity contribution in [3.05, 3.63) is 58.9 Å². The molecular weight excluding hydrogens is 436 g/mol. The molecular formula is C20H18F4N4O2S. The number of nitriles is 1. The number of nitrogens with zero attached hydrogens (tertiary/aromatic N) is 2. The van der Waals surface area contributed by atoms with Gasteiger partial charge in [0.05, 0.1) is 33.2 Å². The van der Waals surface area contributed by atoms with Crippen molar-refractivity contribution < 1.29 is 27.2 Å². The Hall–Kier alpha value is -3.10. The van der Waals surface area contributed by atoms with Crippen LogP contribution in [-0.2, 0) is 11.0 Å². The summed E-state index contributed by atoms with van der Waals surface area (Å²) in [6.45, 7) is 3.21. The third-order valence-corrected chi connectivity index (χ3v) is 7.36. The highest BCUT2D eigenvalue weighted by molar-refractivity contribution is 8.17. The monoisotopic (exact) mass is 454 g/mol. The molecule has 1 aliphatic rings. The first-order valence-corrected chi connectivity index (χ1v) is 10.3. The van der Waals surface area contributed by atoms with Gasteiger partial charge in [-0.15, -0.1) is 11.1 Å². The fraction of sp³-hybridized carbons (Fsp3) is 0.250. The Morgan fingerprint density at radius 3 is 2.45 bits per heavy atom. The van der Waals surface area contributed by atoms with E-state index >= 15 is 0 Å². The first-order valence-electron chi connectivity index (χ1n) is 8.96. The molecule has 0 radical (unpaired) electrons. The molecule has 1 fully saturated rings. The molecule has 31 heavy (non-hydrogen) atoms. The van der Waals surface area contributed by atoms with Gasteiger partial charge in [0.15, 0.2) is 0 Å². The van der Waals surface area contributed by atoms with Gasteiger partial charge in [-0.05, 0) is 50.2 Å². The van der Waals surface area contributed by atoms with Crippen LogP contribution in [-0.4, -0.2) is 23.6 Å². The lowest BCUT2D eigenvalue weighted by molar-refractivity contribution is -0.137. The molecule has 0 aliphatic carbocycles. The predicted octanol–water partition coefficient (Wildman–Crippen LogP) is 3.68. The number of anilines is 1. The number of rotatable bonds is 3. The smallest absolute Gasteiger partial charge is 0.355 e. The molecule has 0 spiro atoms. The number of hydrogen-bond donors (Lipinski definition) is 3. The second kappa shape index (κ2) is 7.86. The zero-order chi connectivity index (χ0) is 23.1. The Bertz CT molecular complexity index is 1110. The first-order chi connectivity index (χ1) is 14.4. The number of carbonyl (C=O) groups is 2. The molecule has 0 bridgehead atoms. The molecule has 164 valence electrons. The molecule has 2 aromatic carbocycles. The number of hydrogen-bond acceptors (Lipinski definition) is 4. The number of halogens is 4. The topological polar surface area (TPSA) is 85.2 Å². The van der Waals surface area contributed by atoms with Crippen LogP contribution in [0.15, 0.2) is 41.3 Å². The van der Waals surface area contributed by atoms with Gasteiger partial charge < -0.3 is 5.32 Å². The van der Waals surface area contributed by atoms with Crippen molar-refractivity contribution in [2.24, 2.45) is 0 Å². The highest BCUT2D eigenvalue weighted by Gasteiger charge is 2.47. The number of carbonyl (C=O) groups excluding carboxylic acids is 2. The largest absolute Gasteiger partial charge is 0.417 e. The van der Waals surface area contributed by atoms with E-state index in [4.69, 9.17) is 5.26 Å². The van der Waals surface area contributed by atoms with Crippen molar-refractivity contribution in [3.8, 4) is 6.07 Å². The molecule has 2 aromatic rings. The van der Waals surface area contributed by atoms with Gasteiger partial charge in [0.1, 0.15) is 5.82 Å². The highest BCUT2D eigenvalue weighted by atomic mass is 32.2. The summed E-state index contributed by atoms with van der Waals surface area (Å²) in [4.78, 5) is 28.0. The van der Waals surface area contributed by atoms with E-state index in [1.165, 1.54) is 31.3 Å². The van der Waals surface area contributed by atoms with Crippen LogP contribution in [0.4, 0.5) is 23.2 Å². The Balaban J connectivity index is 2.01. The third kappa shape index (κ3) is 3.96. The van der Waals surface area contributed by atoms with E-state index in [1.807, 2.05) is 0 Å².